The number of carbonyl (C=O) groups excluding carboxylic acids is 3. The predicted molar refractivity (Wildman–Crippen MR) is 139 cm³/mol. The Labute approximate surface area is 232 Å². The van der Waals surface area contributed by atoms with E-state index in [0.29, 0.717) is 36.2 Å². The lowest BCUT2D eigenvalue weighted by atomic mass is 9.87. The number of ether oxygens (including phenoxy) is 1. The molecule has 3 aromatic rings. The van der Waals surface area contributed by atoms with E-state index in [-0.39, 0.29) is 23.0 Å². The van der Waals surface area contributed by atoms with E-state index >= 15 is 0 Å². The van der Waals surface area contributed by atoms with Gasteiger partial charge in [0.1, 0.15) is 11.8 Å². The van der Waals surface area contributed by atoms with Gasteiger partial charge >= 0.3 is 11.0 Å². The number of benzene rings is 1. The smallest absolute Gasteiger partial charge is 0.378 e. The number of thiophene rings is 1. The normalized spacial score (nSPS) is 23.2. The van der Waals surface area contributed by atoms with Crippen molar-refractivity contribution in [3.8, 4) is 0 Å². The van der Waals surface area contributed by atoms with Crippen molar-refractivity contribution in [1.29, 1.82) is 0 Å². The fourth-order valence-corrected chi connectivity index (χ4v) is 8.88. The van der Waals surface area contributed by atoms with Gasteiger partial charge < -0.3 is 9.64 Å². The van der Waals surface area contributed by atoms with E-state index in [0.717, 1.165) is 51.1 Å². The number of anilines is 1. The summed E-state index contributed by atoms with van der Waals surface area (Å²) in [5.41, 5.74) is -1.12. The predicted octanol–water partition coefficient (Wildman–Crippen LogP) is 3.64. The summed E-state index contributed by atoms with van der Waals surface area (Å²) in [5.74, 6) is -3.07. The van der Waals surface area contributed by atoms with Crippen molar-refractivity contribution in [2.24, 2.45) is 5.92 Å². The first-order valence-electron chi connectivity index (χ1n) is 12.0. The van der Waals surface area contributed by atoms with Crippen LogP contribution < -0.4 is 9.77 Å². The summed E-state index contributed by atoms with van der Waals surface area (Å²) in [4.78, 5) is 57.0. The molecule has 1 aromatic carbocycles. The van der Waals surface area contributed by atoms with Gasteiger partial charge in [0, 0.05) is 28.8 Å². The first-order chi connectivity index (χ1) is 18.6. The third-order valence-corrected chi connectivity index (χ3v) is 10.5. The average Bonchev–Trinajstić information content (AvgIpc) is 3.61. The molecule has 0 bridgehead atoms. The Bertz CT molecular complexity index is 1510. The maximum Gasteiger partial charge on any atom is 0.416 e. The molecule has 14 heteroatoms. The number of rotatable bonds is 4. The van der Waals surface area contributed by atoms with E-state index in [2.05, 4.69) is 0 Å². The van der Waals surface area contributed by atoms with Crippen LogP contribution in [0.3, 0.4) is 0 Å². The molecule has 204 valence electrons. The van der Waals surface area contributed by atoms with Crippen LogP contribution in [0, 0.1) is 5.92 Å². The number of thiazole rings is 1. The van der Waals surface area contributed by atoms with Crippen molar-refractivity contribution in [3.05, 3.63) is 66.8 Å². The number of halogens is 3. The summed E-state index contributed by atoms with van der Waals surface area (Å²) in [6.45, 7) is 1.42. The van der Waals surface area contributed by atoms with Gasteiger partial charge in [0.05, 0.1) is 35.4 Å². The Balaban J connectivity index is 1.40. The lowest BCUT2D eigenvalue weighted by Gasteiger charge is -2.30. The van der Waals surface area contributed by atoms with Gasteiger partial charge in [0.25, 0.3) is 0 Å². The zero-order valence-electron chi connectivity index (χ0n) is 20.1. The molecule has 0 radical (unpaired) electrons. The van der Waals surface area contributed by atoms with E-state index < -0.39 is 40.6 Å². The number of morpholine rings is 1. The average molecular weight is 596 g/mol. The molecule has 2 fully saturated rings. The lowest BCUT2D eigenvalue weighted by Crippen LogP contribution is -2.43. The highest BCUT2D eigenvalue weighted by Crippen LogP contribution is 2.54. The topological polar surface area (TPSA) is 88.9 Å². The molecule has 5 heterocycles. The number of alkyl halides is 3. The first kappa shape index (κ1) is 26.3. The molecule has 3 atom stereocenters. The molecular weight excluding hydrogens is 575 g/mol. The molecule has 3 amide bonds. The minimum atomic E-state index is -4.64. The number of aromatic nitrogens is 1. The van der Waals surface area contributed by atoms with Crippen LogP contribution in [-0.4, -0.2) is 58.7 Å². The summed E-state index contributed by atoms with van der Waals surface area (Å²) in [5, 5.41) is 1.29. The zero-order valence-corrected chi connectivity index (χ0v) is 22.5. The Morgan fingerprint density at radius 2 is 1.82 bits per heavy atom. The molecule has 0 N–H and O–H groups in total. The third-order valence-electron chi connectivity index (χ3n) is 6.99. The summed E-state index contributed by atoms with van der Waals surface area (Å²) < 4.78 is 46.8. The van der Waals surface area contributed by atoms with E-state index in [4.69, 9.17) is 4.74 Å². The van der Waals surface area contributed by atoms with Gasteiger partial charge in [-0.25, -0.2) is 4.90 Å². The van der Waals surface area contributed by atoms with Crippen LogP contribution in [0.2, 0.25) is 0 Å². The quantitative estimate of drug-likeness (QED) is 0.428. The van der Waals surface area contributed by atoms with Crippen LogP contribution in [-0.2, 0) is 31.8 Å². The molecule has 6 rings (SSSR count). The largest absolute Gasteiger partial charge is 0.416 e. The molecule has 2 saturated heterocycles. The summed E-state index contributed by atoms with van der Waals surface area (Å²) >= 11 is 3.33. The number of fused-ring (bicyclic) bond motifs is 2. The fourth-order valence-electron chi connectivity index (χ4n) is 5.15. The minimum Gasteiger partial charge on any atom is -0.378 e. The summed E-state index contributed by atoms with van der Waals surface area (Å²) in [6.07, 6.45) is -4.64. The van der Waals surface area contributed by atoms with Gasteiger partial charge in [0.15, 0.2) is 0 Å². The Hall–Kier alpha value is -2.94. The molecule has 0 saturated carbocycles. The molecule has 3 aliphatic rings. The second-order valence-electron chi connectivity index (χ2n) is 9.23. The third kappa shape index (κ3) is 4.52. The number of thioether (sulfide) groups is 1. The lowest BCUT2D eigenvalue weighted by molar-refractivity contribution is -0.138. The minimum absolute atomic E-state index is 0.150. The molecule has 8 nitrogen and oxygen atoms in total. The Morgan fingerprint density at radius 1 is 1.05 bits per heavy atom. The van der Waals surface area contributed by atoms with Gasteiger partial charge in [-0.1, -0.05) is 35.2 Å². The molecule has 39 heavy (non-hydrogen) atoms. The maximum absolute atomic E-state index is 13.8. The molecule has 0 spiro atoms. The van der Waals surface area contributed by atoms with Crippen LogP contribution >= 0.6 is 34.4 Å². The van der Waals surface area contributed by atoms with Crippen LogP contribution in [0.15, 0.2) is 51.6 Å². The van der Waals surface area contributed by atoms with Crippen molar-refractivity contribution in [2.75, 3.05) is 31.2 Å². The highest BCUT2D eigenvalue weighted by Gasteiger charge is 2.57. The molecule has 2 aromatic heterocycles. The molecule has 3 aliphatic heterocycles. The molecule has 2 unspecified atom stereocenters. The molecular formula is C25H20F3N3O5S3. The first-order valence-corrected chi connectivity index (χ1v) is 14.6. The van der Waals surface area contributed by atoms with Crippen LogP contribution in [0.5, 0.6) is 0 Å². The maximum atomic E-state index is 13.8. The summed E-state index contributed by atoms with van der Waals surface area (Å²) in [6, 6.07) is 7.75. The van der Waals surface area contributed by atoms with Gasteiger partial charge in [-0.15, -0.1) is 11.3 Å². The monoisotopic (exact) mass is 595 g/mol. The summed E-state index contributed by atoms with van der Waals surface area (Å²) in [7, 11) is 0. The highest BCUT2D eigenvalue weighted by atomic mass is 32.2. The SMILES string of the molecule is O=C(Cn1c2c(sc1=O)[C@@H](c1cccs1)C1C(=O)N(c3cccc(C(F)(F)F)c3)C(=O)C1S2)N1CCOCC1. The van der Waals surface area contributed by atoms with Gasteiger partial charge in [-0.05, 0) is 29.6 Å². The standard InChI is InChI=1S/C25H20F3N3O5S3/c26-25(27,28)13-3-1-4-14(11-13)31-21(33)18-17(15-5-2-10-37-15)20-23(38-19(18)22(31)34)30(24(35)39-20)12-16(32)29-6-8-36-9-7-29/h1-5,10-11,17-19H,6-9,12H2/t17-,18?,19?/m0/s1. The van der Waals surface area contributed by atoms with Gasteiger partial charge in [-0.3, -0.25) is 23.7 Å². The second-order valence-corrected chi connectivity index (χ2v) is 12.3. The highest BCUT2D eigenvalue weighted by molar-refractivity contribution is 8.00. The van der Waals surface area contributed by atoms with Crippen molar-refractivity contribution in [1.82, 2.24) is 9.47 Å². The van der Waals surface area contributed by atoms with Gasteiger partial charge in [0.2, 0.25) is 17.7 Å². The fraction of sp³-hybridized carbons (Fsp3) is 0.360. The Morgan fingerprint density at radius 3 is 2.51 bits per heavy atom. The number of nitrogens with zero attached hydrogens (tertiary/aromatic N) is 3. The van der Waals surface area contributed by atoms with Crippen LogP contribution in [0.1, 0.15) is 21.2 Å². The number of carbonyl (C=O) groups is 3. The van der Waals surface area contributed by atoms with Crippen LogP contribution in [0.4, 0.5) is 18.9 Å². The van der Waals surface area contributed by atoms with Crippen molar-refractivity contribution >= 4 is 57.8 Å². The van der Waals surface area contributed by atoms with E-state index in [1.807, 2.05) is 11.4 Å². The van der Waals surface area contributed by atoms with Crippen molar-refractivity contribution < 1.29 is 32.3 Å². The Kier molecular flexibility index (Phi) is 6.68. The number of hydrogen-bond acceptors (Lipinski definition) is 8. The number of imide groups is 1. The van der Waals surface area contributed by atoms with Crippen LogP contribution in [0.25, 0.3) is 0 Å². The van der Waals surface area contributed by atoms with E-state index in [9.17, 15) is 32.3 Å². The van der Waals surface area contributed by atoms with E-state index in [1.165, 1.54) is 22.0 Å². The van der Waals surface area contributed by atoms with Crippen molar-refractivity contribution in [3.63, 3.8) is 0 Å². The number of hydrogen-bond donors (Lipinski definition) is 0. The van der Waals surface area contributed by atoms with Crippen molar-refractivity contribution in [2.45, 2.75) is 28.9 Å². The number of amides is 3. The zero-order chi connectivity index (χ0) is 27.5. The second kappa shape index (κ2) is 9.91. The molecule has 0 aliphatic carbocycles. The van der Waals surface area contributed by atoms with E-state index in [1.54, 1.807) is 11.0 Å². The van der Waals surface area contributed by atoms with Gasteiger partial charge in [-0.2, -0.15) is 13.2 Å².